The van der Waals surface area contributed by atoms with Crippen molar-refractivity contribution in [1.82, 2.24) is 4.37 Å². The van der Waals surface area contributed by atoms with Crippen LogP contribution in [0.3, 0.4) is 0 Å². The van der Waals surface area contributed by atoms with Crippen LogP contribution in [0.5, 0.6) is 0 Å². The predicted octanol–water partition coefficient (Wildman–Crippen LogP) is 2.09. The standard InChI is InChI=1S/C9H10N2OS/c1-6-2-3-8(12-6)9(10)7-4-5-13-11-7/h2-5,9H,10H2,1H3. The summed E-state index contributed by atoms with van der Waals surface area (Å²) < 4.78 is 9.57. The number of aromatic nitrogens is 1. The summed E-state index contributed by atoms with van der Waals surface area (Å²) in [4.78, 5) is 0. The maximum Gasteiger partial charge on any atom is 0.127 e. The zero-order chi connectivity index (χ0) is 9.26. The van der Waals surface area contributed by atoms with Gasteiger partial charge in [0, 0.05) is 5.38 Å². The van der Waals surface area contributed by atoms with Gasteiger partial charge in [0.05, 0.1) is 5.69 Å². The number of aryl methyl sites for hydroxylation is 1. The van der Waals surface area contributed by atoms with Gasteiger partial charge >= 0.3 is 0 Å². The molecule has 2 aromatic heterocycles. The van der Waals surface area contributed by atoms with Crippen LogP contribution in [0.2, 0.25) is 0 Å². The molecule has 13 heavy (non-hydrogen) atoms. The van der Waals surface area contributed by atoms with Crippen molar-refractivity contribution in [2.24, 2.45) is 5.73 Å². The molecule has 0 bridgehead atoms. The van der Waals surface area contributed by atoms with Crippen molar-refractivity contribution >= 4 is 11.5 Å². The van der Waals surface area contributed by atoms with E-state index in [9.17, 15) is 0 Å². The molecule has 0 saturated carbocycles. The average Bonchev–Trinajstić information content (AvgIpc) is 2.72. The minimum atomic E-state index is -0.236. The van der Waals surface area contributed by atoms with E-state index in [1.165, 1.54) is 11.5 Å². The van der Waals surface area contributed by atoms with E-state index >= 15 is 0 Å². The molecular formula is C9H10N2OS. The molecule has 1 unspecified atom stereocenters. The third-order valence-corrected chi connectivity index (χ3v) is 2.42. The van der Waals surface area contributed by atoms with E-state index in [4.69, 9.17) is 10.2 Å². The Bertz CT molecular complexity index is 380. The van der Waals surface area contributed by atoms with Gasteiger partial charge in [-0.15, -0.1) is 0 Å². The van der Waals surface area contributed by atoms with Gasteiger partial charge in [-0.2, -0.15) is 4.37 Å². The van der Waals surface area contributed by atoms with Crippen molar-refractivity contribution in [3.8, 4) is 0 Å². The first-order valence-electron chi connectivity index (χ1n) is 3.99. The highest BCUT2D eigenvalue weighted by Crippen LogP contribution is 2.20. The van der Waals surface area contributed by atoms with E-state index in [-0.39, 0.29) is 6.04 Å². The molecule has 2 aromatic rings. The van der Waals surface area contributed by atoms with Crippen molar-refractivity contribution in [3.63, 3.8) is 0 Å². The molecular weight excluding hydrogens is 184 g/mol. The van der Waals surface area contributed by atoms with E-state index in [2.05, 4.69) is 4.37 Å². The molecule has 0 radical (unpaired) electrons. The highest BCUT2D eigenvalue weighted by molar-refractivity contribution is 7.03. The van der Waals surface area contributed by atoms with E-state index in [1.807, 2.05) is 30.5 Å². The van der Waals surface area contributed by atoms with Gasteiger partial charge < -0.3 is 10.2 Å². The normalized spacial score (nSPS) is 13.1. The van der Waals surface area contributed by atoms with Gasteiger partial charge in [-0.25, -0.2) is 0 Å². The Morgan fingerprint density at radius 1 is 1.46 bits per heavy atom. The summed E-state index contributed by atoms with van der Waals surface area (Å²) in [5.41, 5.74) is 6.78. The molecule has 1 atom stereocenters. The molecule has 2 N–H and O–H groups in total. The van der Waals surface area contributed by atoms with E-state index in [0.717, 1.165) is 17.2 Å². The number of nitrogens with zero attached hydrogens (tertiary/aromatic N) is 1. The van der Waals surface area contributed by atoms with Gasteiger partial charge in [-0.1, -0.05) is 0 Å². The third kappa shape index (κ3) is 1.64. The van der Waals surface area contributed by atoms with Gasteiger partial charge in [-0.3, -0.25) is 0 Å². The lowest BCUT2D eigenvalue weighted by molar-refractivity contribution is 0.464. The van der Waals surface area contributed by atoms with Crippen LogP contribution in [-0.2, 0) is 0 Å². The number of hydrogen-bond acceptors (Lipinski definition) is 4. The second kappa shape index (κ2) is 3.32. The zero-order valence-electron chi connectivity index (χ0n) is 7.23. The summed E-state index contributed by atoms with van der Waals surface area (Å²) >= 11 is 1.40. The highest BCUT2D eigenvalue weighted by Gasteiger charge is 2.13. The number of nitrogens with two attached hydrogens (primary N) is 1. The summed E-state index contributed by atoms with van der Waals surface area (Å²) in [5.74, 6) is 1.64. The molecule has 4 heteroatoms. The second-order valence-corrected chi connectivity index (χ2v) is 3.52. The maximum atomic E-state index is 5.92. The number of rotatable bonds is 2. The summed E-state index contributed by atoms with van der Waals surface area (Å²) in [5, 5.41) is 1.91. The van der Waals surface area contributed by atoms with Gasteiger partial charge in [0.15, 0.2) is 0 Å². The van der Waals surface area contributed by atoms with Crippen LogP contribution in [-0.4, -0.2) is 4.37 Å². The van der Waals surface area contributed by atoms with Crippen molar-refractivity contribution in [2.45, 2.75) is 13.0 Å². The molecule has 0 aliphatic rings. The maximum absolute atomic E-state index is 5.92. The van der Waals surface area contributed by atoms with Crippen LogP contribution in [0.15, 0.2) is 28.0 Å². The van der Waals surface area contributed by atoms with Crippen molar-refractivity contribution in [1.29, 1.82) is 0 Å². The summed E-state index contributed by atoms with van der Waals surface area (Å²) in [6.07, 6.45) is 0. The zero-order valence-corrected chi connectivity index (χ0v) is 8.04. The van der Waals surface area contributed by atoms with Gasteiger partial charge in [0.25, 0.3) is 0 Å². The highest BCUT2D eigenvalue weighted by atomic mass is 32.1. The Morgan fingerprint density at radius 3 is 2.85 bits per heavy atom. The molecule has 0 amide bonds. The van der Waals surface area contributed by atoms with Crippen molar-refractivity contribution in [3.05, 3.63) is 40.8 Å². The first kappa shape index (κ1) is 8.47. The minimum Gasteiger partial charge on any atom is -0.464 e. The van der Waals surface area contributed by atoms with E-state index in [1.54, 1.807) is 0 Å². The Balaban J connectivity index is 2.28. The Labute approximate surface area is 80.4 Å². The summed E-state index contributed by atoms with van der Waals surface area (Å²) in [6.45, 7) is 1.90. The molecule has 2 rings (SSSR count). The predicted molar refractivity (Wildman–Crippen MR) is 51.6 cm³/mol. The van der Waals surface area contributed by atoms with Crippen LogP contribution >= 0.6 is 11.5 Å². The first-order chi connectivity index (χ1) is 6.27. The largest absolute Gasteiger partial charge is 0.464 e. The fraction of sp³-hybridized carbons (Fsp3) is 0.222. The molecule has 0 aliphatic heterocycles. The lowest BCUT2D eigenvalue weighted by Gasteiger charge is -2.03. The van der Waals surface area contributed by atoms with Crippen LogP contribution in [0.1, 0.15) is 23.3 Å². The average molecular weight is 194 g/mol. The molecule has 3 nitrogen and oxygen atoms in total. The van der Waals surface area contributed by atoms with Gasteiger partial charge in [0.2, 0.25) is 0 Å². The van der Waals surface area contributed by atoms with Crippen LogP contribution in [0.25, 0.3) is 0 Å². The Morgan fingerprint density at radius 2 is 2.31 bits per heavy atom. The monoisotopic (exact) mass is 194 g/mol. The van der Waals surface area contributed by atoms with Crippen LogP contribution in [0.4, 0.5) is 0 Å². The lowest BCUT2D eigenvalue weighted by Crippen LogP contribution is -2.10. The topological polar surface area (TPSA) is 52.0 Å². The van der Waals surface area contributed by atoms with Gasteiger partial charge in [0.1, 0.15) is 17.6 Å². The molecule has 0 fully saturated rings. The Kier molecular flexibility index (Phi) is 2.16. The molecule has 0 aliphatic carbocycles. The molecule has 0 saturated heterocycles. The molecule has 0 aromatic carbocycles. The number of hydrogen-bond donors (Lipinski definition) is 1. The van der Waals surface area contributed by atoms with Crippen molar-refractivity contribution in [2.75, 3.05) is 0 Å². The summed E-state index contributed by atoms with van der Waals surface area (Å²) in [6, 6.07) is 5.47. The van der Waals surface area contributed by atoms with Crippen LogP contribution in [0, 0.1) is 6.92 Å². The van der Waals surface area contributed by atoms with E-state index < -0.39 is 0 Å². The summed E-state index contributed by atoms with van der Waals surface area (Å²) in [7, 11) is 0. The molecule has 0 spiro atoms. The van der Waals surface area contributed by atoms with Crippen molar-refractivity contribution < 1.29 is 4.42 Å². The second-order valence-electron chi connectivity index (χ2n) is 2.85. The van der Waals surface area contributed by atoms with Gasteiger partial charge in [-0.05, 0) is 36.7 Å². The fourth-order valence-corrected chi connectivity index (χ4v) is 1.71. The molecule has 2 heterocycles. The quantitative estimate of drug-likeness (QED) is 0.796. The first-order valence-corrected chi connectivity index (χ1v) is 4.83. The SMILES string of the molecule is Cc1ccc(C(N)c2ccsn2)o1. The minimum absolute atomic E-state index is 0.236. The smallest absolute Gasteiger partial charge is 0.127 e. The Hall–Kier alpha value is -1.13. The van der Waals surface area contributed by atoms with E-state index in [0.29, 0.717) is 0 Å². The van der Waals surface area contributed by atoms with Crippen LogP contribution < -0.4 is 5.73 Å². The third-order valence-electron chi connectivity index (χ3n) is 1.84. The molecule has 68 valence electrons. The fourth-order valence-electron chi connectivity index (χ4n) is 1.15. The number of furan rings is 1. The lowest BCUT2D eigenvalue weighted by atomic mass is 10.2.